The SMILES string of the molecule is COc1c(Cl)ccc(Cl)c1C(=O)Nc1cccc2c1OCC(=O)N2C. The Morgan fingerprint density at radius 2 is 1.96 bits per heavy atom. The molecule has 0 aromatic heterocycles. The second-order valence-electron chi connectivity index (χ2n) is 5.29. The van der Waals surface area contributed by atoms with Crippen LogP contribution in [0.3, 0.4) is 0 Å². The van der Waals surface area contributed by atoms with Gasteiger partial charge >= 0.3 is 0 Å². The van der Waals surface area contributed by atoms with E-state index in [1.54, 1.807) is 31.3 Å². The van der Waals surface area contributed by atoms with Crippen LogP contribution in [0.5, 0.6) is 11.5 Å². The average Bonchev–Trinajstić information content (AvgIpc) is 2.60. The van der Waals surface area contributed by atoms with Gasteiger partial charge in [-0.2, -0.15) is 0 Å². The molecule has 1 N–H and O–H groups in total. The predicted molar refractivity (Wildman–Crippen MR) is 96.3 cm³/mol. The number of nitrogens with zero attached hydrogens (tertiary/aromatic N) is 1. The average molecular weight is 381 g/mol. The summed E-state index contributed by atoms with van der Waals surface area (Å²) in [4.78, 5) is 25.9. The lowest BCUT2D eigenvalue weighted by Crippen LogP contribution is -2.35. The maximum Gasteiger partial charge on any atom is 0.264 e. The smallest absolute Gasteiger partial charge is 0.264 e. The van der Waals surface area contributed by atoms with Crippen molar-refractivity contribution in [3.8, 4) is 11.5 Å². The lowest BCUT2D eigenvalue weighted by Gasteiger charge is -2.27. The number of fused-ring (bicyclic) bond motifs is 1. The number of ether oxygens (including phenoxy) is 2. The molecule has 1 aliphatic heterocycles. The molecular formula is C17H14Cl2N2O4. The molecular weight excluding hydrogens is 367 g/mol. The second-order valence-corrected chi connectivity index (χ2v) is 6.10. The van der Waals surface area contributed by atoms with Crippen LogP contribution in [0.25, 0.3) is 0 Å². The minimum Gasteiger partial charge on any atom is -0.494 e. The molecule has 0 bridgehead atoms. The summed E-state index contributed by atoms with van der Waals surface area (Å²) in [5.41, 5.74) is 1.10. The molecule has 130 valence electrons. The van der Waals surface area contributed by atoms with Crippen molar-refractivity contribution in [2.75, 3.05) is 31.0 Å². The molecule has 0 aliphatic carbocycles. The fourth-order valence-corrected chi connectivity index (χ4v) is 3.00. The standard InChI is InChI=1S/C17H14Cl2N2O4/c1-21-12-5-3-4-11(16(12)25-8-13(21)22)20-17(23)14-9(18)6-7-10(19)15(14)24-2/h3-7H,8H2,1-2H3,(H,20,23). The zero-order valence-electron chi connectivity index (χ0n) is 13.4. The van der Waals surface area contributed by atoms with Gasteiger partial charge in [-0.1, -0.05) is 29.3 Å². The van der Waals surface area contributed by atoms with Crippen molar-refractivity contribution in [1.29, 1.82) is 0 Å². The predicted octanol–water partition coefficient (Wildman–Crippen LogP) is 3.61. The van der Waals surface area contributed by atoms with E-state index in [0.717, 1.165) is 0 Å². The first-order valence-corrected chi connectivity index (χ1v) is 8.05. The zero-order chi connectivity index (χ0) is 18.1. The molecule has 0 saturated carbocycles. The van der Waals surface area contributed by atoms with Crippen LogP contribution in [-0.4, -0.2) is 32.6 Å². The fraction of sp³-hybridized carbons (Fsp3) is 0.176. The molecule has 1 heterocycles. The highest BCUT2D eigenvalue weighted by Crippen LogP contribution is 2.39. The van der Waals surface area contributed by atoms with Crippen molar-refractivity contribution in [2.45, 2.75) is 0 Å². The lowest BCUT2D eigenvalue weighted by atomic mass is 10.1. The van der Waals surface area contributed by atoms with E-state index in [0.29, 0.717) is 17.1 Å². The molecule has 2 aromatic carbocycles. The summed E-state index contributed by atoms with van der Waals surface area (Å²) in [7, 11) is 3.05. The molecule has 2 aromatic rings. The molecule has 0 spiro atoms. The molecule has 1 aliphatic rings. The quantitative estimate of drug-likeness (QED) is 0.882. The third-order valence-electron chi connectivity index (χ3n) is 3.81. The van der Waals surface area contributed by atoms with Crippen LogP contribution in [0.1, 0.15) is 10.4 Å². The highest BCUT2D eigenvalue weighted by molar-refractivity contribution is 6.37. The van der Waals surface area contributed by atoms with Gasteiger partial charge in [-0.05, 0) is 24.3 Å². The summed E-state index contributed by atoms with van der Waals surface area (Å²) < 4.78 is 10.7. The summed E-state index contributed by atoms with van der Waals surface area (Å²) in [6.07, 6.45) is 0. The highest BCUT2D eigenvalue weighted by atomic mass is 35.5. The van der Waals surface area contributed by atoms with E-state index in [2.05, 4.69) is 5.32 Å². The number of amides is 2. The molecule has 2 amide bonds. The number of likely N-dealkylation sites (N-methyl/N-ethyl adjacent to an activating group) is 1. The monoisotopic (exact) mass is 380 g/mol. The molecule has 0 radical (unpaired) electrons. The number of anilines is 2. The first-order chi connectivity index (χ1) is 11.9. The van der Waals surface area contributed by atoms with E-state index in [4.69, 9.17) is 32.7 Å². The Hall–Kier alpha value is -2.44. The van der Waals surface area contributed by atoms with Crippen molar-refractivity contribution in [3.63, 3.8) is 0 Å². The number of carbonyl (C=O) groups is 2. The van der Waals surface area contributed by atoms with E-state index in [1.807, 2.05) is 0 Å². The molecule has 0 atom stereocenters. The van der Waals surface area contributed by atoms with Crippen molar-refractivity contribution >= 4 is 46.4 Å². The molecule has 0 saturated heterocycles. The van der Waals surface area contributed by atoms with Crippen LogP contribution in [0.2, 0.25) is 10.0 Å². The van der Waals surface area contributed by atoms with E-state index < -0.39 is 5.91 Å². The maximum absolute atomic E-state index is 12.7. The molecule has 0 fully saturated rings. The Morgan fingerprint density at radius 1 is 1.24 bits per heavy atom. The number of carbonyl (C=O) groups excluding carboxylic acids is 2. The van der Waals surface area contributed by atoms with Crippen molar-refractivity contribution < 1.29 is 19.1 Å². The van der Waals surface area contributed by atoms with Gasteiger partial charge in [0.1, 0.15) is 5.56 Å². The van der Waals surface area contributed by atoms with Crippen LogP contribution >= 0.6 is 23.2 Å². The number of hydrogen-bond acceptors (Lipinski definition) is 4. The first kappa shape index (κ1) is 17.4. The fourth-order valence-electron chi connectivity index (χ4n) is 2.53. The minimum absolute atomic E-state index is 0.0996. The molecule has 0 unspecified atom stereocenters. The summed E-state index contributed by atoms with van der Waals surface area (Å²) in [5.74, 6) is -0.0730. The van der Waals surface area contributed by atoms with Gasteiger partial charge in [-0.15, -0.1) is 0 Å². The number of para-hydroxylation sites is 1. The molecule has 25 heavy (non-hydrogen) atoms. The molecule has 6 nitrogen and oxygen atoms in total. The van der Waals surface area contributed by atoms with Crippen LogP contribution in [-0.2, 0) is 4.79 Å². The minimum atomic E-state index is -0.499. The van der Waals surface area contributed by atoms with Gasteiger partial charge in [-0.3, -0.25) is 9.59 Å². The van der Waals surface area contributed by atoms with Crippen LogP contribution in [0, 0.1) is 0 Å². The number of nitrogens with one attached hydrogen (secondary N) is 1. The van der Waals surface area contributed by atoms with Gasteiger partial charge in [-0.25, -0.2) is 0 Å². The maximum atomic E-state index is 12.7. The van der Waals surface area contributed by atoms with E-state index >= 15 is 0 Å². The Morgan fingerprint density at radius 3 is 2.68 bits per heavy atom. The molecule has 8 heteroatoms. The van der Waals surface area contributed by atoms with Gasteiger partial charge in [0.25, 0.3) is 11.8 Å². The highest BCUT2D eigenvalue weighted by Gasteiger charge is 2.26. The van der Waals surface area contributed by atoms with Gasteiger partial charge in [0.15, 0.2) is 18.1 Å². The number of rotatable bonds is 3. The summed E-state index contributed by atoms with van der Waals surface area (Å²) in [5, 5.41) is 3.22. The summed E-state index contributed by atoms with van der Waals surface area (Å²) >= 11 is 12.2. The van der Waals surface area contributed by atoms with E-state index in [-0.39, 0.29) is 33.9 Å². The Bertz CT molecular complexity index is 870. The van der Waals surface area contributed by atoms with Gasteiger partial charge in [0, 0.05) is 7.05 Å². The van der Waals surface area contributed by atoms with Crippen LogP contribution in [0.4, 0.5) is 11.4 Å². The Labute approximate surface area is 154 Å². The van der Waals surface area contributed by atoms with Crippen molar-refractivity contribution in [2.24, 2.45) is 0 Å². The van der Waals surface area contributed by atoms with Gasteiger partial charge < -0.3 is 19.7 Å². The Kier molecular flexibility index (Phi) is 4.74. The third kappa shape index (κ3) is 3.10. The lowest BCUT2D eigenvalue weighted by molar-refractivity contribution is -0.120. The van der Waals surface area contributed by atoms with Crippen molar-refractivity contribution in [1.82, 2.24) is 0 Å². The number of halogens is 2. The van der Waals surface area contributed by atoms with Crippen LogP contribution in [0.15, 0.2) is 30.3 Å². The normalized spacial score (nSPS) is 13.1. The topological polar surface area (TPSA) is 67.9 Å². The Balaban J connectivity index is 1.99. The number of hydrogen-bond donors (Lipinski definition) is 1. The van der Waals surface area contributed by atoms with E-state index in [1.165, 1.54) is 18.1 Å². The largest absolute Gasteiger partial charge is 0.494 e. The summed E-state index contributed by atoms with van der Waals surface area (Å²) in [6, 6.07) is 8.18. The van der Waals surface area contributed by atoms with Crippen molar-refractivity contribution in [3.05, 3.63) is 45.9 Å². The first-order valence-electron chi connectivity index (χ1n) is 7.29. The van der Waals surface area contributed by atoms with Crippen LogP contribution < -0.4 is 19.7 Å². The number of benzene rings is 2. The van der Waals surface area contributed by atoms with Gasteiger partial charge in [0.2, 0.25) is 0 Å². The summed E-state index contributed by atoms with van der Waals surface area (Å²) in [6.45, 7) is -0.0996. The number of methoxy groups -OCH3 is 1. The molecule has 3 rings (SSSR count). The van der Waals surface area contributed by atoms with Gasteiger partial charge in [0.05, 0.1) is 28.5 Å². The zero-order valence-corrected chi connectivity index (χ0v) is 14.9. The second kappa shape index (κ2) is 6.82. The van der Waals surface area contributed by atoms with E-state index in [9.17, 15) is 9.59 Å². The third-order valence-corrected chi connectivity index (χ3v) is 4.42.